The molecule has 98 valence electrons. The monoisotopic (exact) mass is 276 g/mol. The van der Waals surface area contributed by atoms with Crippen LogP contribution in [-0.4, -0.2) is 18.5 Å². The Morgan fingerprint density at radius 2 is 1.58 bits per heavy atom. The van der Waals surface area contributed by atoms with Crippen LogP contribution in [-0.2, 0) is 4.74 Å². The predicted molar refractivity (Wildman–Crippen MR) is 74.0 cm³/mol. The molecule has 0 heterocycles. The van der Waals surface area contributed by atoms with Crippen LogP contribution in [0.5, 0.6) is 11.5 Å². The Morgan fingerprint density at radius 3 is 2.21 bits per heavy atom. The molecule has 0 aliphatic rings. The number of ether oxygens (including phenoxy) is 2. The van der Waals surface area contributed by atoms with Gasteiger partial charge in [0, 0.05) is 0 Å². The van der Waals surface area contributed by atoms with E-state index in [-0.39, 0.29) is 12.6 Å². The van der Waals surface area contributed by atoms with E-state index in [0.29, 0.717) is 17.2 Å². The molecule has 0 radical (unpaired) electrons. The van der Waals surface area contributed by atoms with Crippen LogP contribution in [0.3, 0.4) is 0 Å². The predicted octanol–water partition coefficient (Wildman–Crippen LogP) is 3.87. The van der Waals surface area contributed by atoms with Crippen LogP contribution in [0.15, 0.2) is 54.6 Å². The summed E-state index contributed by atoms with van der Waals surface area (Å²) in [5.41, 5.74) is 0.477. The summed E-state index contributed by atoms with van der Waals surface area (Å²) in [5.74, 6) is 1.33. The summed E-state index contributed by atoms with van der Waals surface area (Å²) in [7, 11) is 0. The number of rotatable bonds is 5. The SMILES string of the molecule is O=C(OCCCl)c1ccc(Oc2ccccc2)cc1. The second-order valence-corrected chi connectivity index (χ2v) is 4.14. The average Bonchev–Trinajstić information content (AvgIpc) is 2.46. The van der Waals surface area contributed by atoms with E-state index >= 15 is 0 Å². The van der Waals surface area contributed by atoms with Crippen LogP contribution in [0, 0.1) is 0 Å². The maximum Gasteiger partial charge on any atom is 0.338 e. The summed E-state index contributed by atoms with van der Waals surface area (Å²) in [5, 5.41) is 0. The highest BCUT2D eigenvalue weighted by Crippen LogP contribution is 2.21. The minimum Gasteiger partial charge on any atom is -0.461 e. The molecular formula is C15H13ClO3. The van der Waals surface area contributed by atoms with E-state index in [4.69, 9.17) is 21.1 Å². The number of halogens is 1. The molecule has 0 fully saturated rings. The molecule has 2 aromatic rings. The van der Waals surface area contributed by atoms with Crippen molar-refractivity contribution in [3.05, 3.63) is 60.2 Å². The highest BCUT2D eigenvalue weighted by molar-refractivity contribution is 6.18. The first-order valence-corrected chi connectivity index (χ1v) is 6.39. The molecule has 0 saturated heterocycles. The van der Waals surface area contributed by atoms with Gasteiger partial charge in [-0.25, -0.2) is 4.79 Å². The number of alkyl halides is 1. The summed E-state index contributed by atoms with van der Waals surface area (Å²) in [6, 6.07) is 16.2. The van der Waals surface area contributed by atoms with Gasteiger partial charge in [0.05, 0.1) is 11.4 Å². The number of hydrogen-bond donors (Lipinski definition) is 0. The van der Waals surface area contributed by atoms with E-state index in [9.17, 15) is 4.79 Å². The van der Waals surface area contributed by atoms with E-state index in [1.54, 1.807) is 24.3 Å². The van der Waals surface area contributed by atoms with Gasteiger partial charge in [0.25, 0.3) is 0 Å². The lowest BCUT2D eigenvalue weighted by Gasteiger charge is -2.06. The lowest BCUT2D eigenvalue weighted by atomic mass is 10.2. The van der Waals surface area contributed by atoms with Crippen LogP contribution >= 0.6 is 11.6 Å². The molecule has 0 aliphatic carbocycles. The van der Waals surface area contributed by atoms with Gasteiger partial charge in [0.1, 0.15) is 18.1 Å². The van der Waals surface area contributed by atoms with E-state index in [1.807, 2.05) is 30.3 Å². The zero-order chi connectivity index (χ0) is 13.5. The third-order valence-corrected chi connectivity index (χ3v) is 2.53. The Balaban J connectivity index is 2.00. The Bertz CT molecular complexity index is 523. The fraction of sp³-hybridized carbons (Fsp3) is 0.133. The van der Waals surface area contributed by atoms with Crippen molar-refractivity contribution >= 4 is 17.6 Å². The Labute approximate surface area is 116 Å². The highest BCUT2D eigenvalue weighted by Gasteiger charge is 2.06. The molecule has 0 aliphatic heterocycles. The standard InChI is InChI=1S/C15H13ClO3/c16-10-11-18-15(17)12-6-8-14(9-7-12)19-13-4-2-1-3-5-13/h1-9H,10-11H2. The lowest BCUT2D eigenvalue weighted by molar-refractivity contribution is 0.0529. The molecule has 0 saturated carbocycles. The second kappa shape index (κ2) is 6.81. The number of carbonyl (C=O) groups excluding carboxylic acids is 1. The van der Waals surface area contributed by atoms with Crippen molar-refractivity contribution < 1.29 is 14.3 Å². The first-order valence-electron chi connectivity index (χ1n) is 5.85. The zero-order valence-electron chi connectivity index (χ0n) is 10.2. The maximum atomic E-state index is 11.6. The molecule has 0 aromatic heterocycles. The Kier molecular flexibility index (Phi) is 4.81. The van der Waals surface area contributed by atoms with E-state index in [0.717, 1.165) is 5.75 Å². The molecule has 0 bridgehead atoms. The van der Waals surface area contributed by atoms with Crippen LogP contribution in [0.2, 0.25) is 0 Å². The number of para-hydroxylation sites is 1. The van der Waals surface area contributed by atoms with Gasteiger partial charge < -0.3 is 9.47 Å². The summed E-state index contributed by atoms with van der Waals surface area (Å²) in [6.07, 6.45) is 0. The molecule has 4 heteroatoms. The van der Waals surface area contributed by atoms with Crippen molar-refractivity contribution in [3.8, 4) is 11.5 Å². The van der Waals surface area contributed by atoms with E-state index in [2.05, 4.69) is 0 Å². The second-order valence-electron chi connectivity index (χ2n) is 3.76. The van der Waals surface area contributed by atoms with Gasteiger partial charge in [-0.1, -0.05) is 18.2 Å². The normalized spacial score (nSPS) is 9.95. The van der Waals surface area contributed by atoms with Gasteiger partial charge in [-0.05, 0) is 36.4 Å². The molecular weight excluding hydrogens is 264 g/mol. The van der Waals surface area contributed by atoms with Gasteiger partial charge in [-0.15, -0.1) is 11.6 Å². The molecule has 0 unspecified atom stereocenters. The largest absolute Gasteiger partial charge is 0.461 e. The lowest BCUT2D eigenvalue weighted by Crippen LogP contribution is -2.06. The summed E-state index contributed by atoms with van der Waals surface area (Å²) in [4.78, 5) is 11.6. The molecule has 19 heavy (non-hydrogen) atoms. The fourth-order valence-corrected chi connectivity index (χ4v) is 1.58. The minimum absolute atomic E-state index is 0.211. The van der Waals surface area contributed by atoms with Crippen molar-refractivity contribution in [1.82, 2.24) is 0 Å². The number of hydrogen-bond acceptors (Lipinski definition) is 3. The number of carbonyl (C=O) groups is 1. The van der Waals surface area contributed by atoms with Crippen LogP contribution in [0.4, 0.5) is 0 Å². The summed E-state index contributed by atoms with van der Waals surface area (Å²) >= 11 is 5.45. The zero-order valence-corrected chi connectivity index (χ0v) is 11.0. The minimum atomic E-state index is -0.382. The molecule has 2 aromatic carbocycles. The Hall–Kier alpha value is -2.00. The third kappa shape index (κ3) is 4.00. The Morgan fingerprint density at radius 1 is 0.947 bits per heavy atom. The molecule has 3 nitrogen and oxygen atoms in total. The third-order valence-electron chi connectivity index (χ3n) is 2.38. The highest BCUT2D eigenvalue weighted by atomic mass is 35.5. The van der Waals surface area contributed by atoms with Crippen molar-refractivity contribution in [2.24, 2.45) is 0 Å². The average molecular weight is 277 g/mol. The van der Waals surface area contributed by atoms with Crippen molar-refractivity contribution in [3.63, 3.8) is 0 Å². The fourth-order valence-electron chi connectivity index (χ4n) is 1.50. The van der Waals surface area contributed by atoms with Gasteiger partial charge in [-0.2, -0.15) is 0 Å². The van der Waals surface area contributed by atoms with Crippen molar-refractivity contribution in [2.75, 3.05) is 12.5 Å². The molecule has 0 spiro atoms. The quantitative estimate of drug-likeness (QED) is 0.614. The number of esters is 1. The topological polar surface area (TPSA) is 35.5 Å². The maximum absolute atomic E-state index is 11.6. The van der Waals surface area contributed by atoms with E-state index < -0.39 is 0 Å². The summed E-state index contributed by atoms with van der Waals surface area (Å²) in [6.45, 7) is 0.211. The smallest absolute Gasteiger partial charge is 0.338 e. The first kappa shape index (κ1) is 13.4. The molecule has 0 amide bonds. The van der Waals surface area contributed by atoms with Crippen LogP contribution in [0.25, 0.3) is 0 Å². The van der Waals surface area contributed by atoms with Crippen molar-refractivity contribution in [1.29, 1.82) is 0 Å². The summed E-state index contributed by atoms with van der Waals surface area (Å²) < 4.78 is 10.5. The number of benzene rings is 2. The van der Waals surface area contributed by atoms with Crippen molar-refractivity contribution in [2.45, 2.75) is 0 Å². The van der Waals surface area contributed by atoms with Gasteiger partial charge in [-0.3, -0.25) is 0 Å². The molecule has 0 N–H and O–H groups in total. The van der Waals surface area contributed by atoms with Gasteiger partial charge in [0.15, 0.2) is 0 Å². The van der Waals surface area contributed by atoms with Gasteiger partial charge >= 0.3 is 5.97 Å². The van der Waals surface area contributed by atoms with Gasteiger partial charge in [0.2, 0.25) is 0 Å². The first-order chi connectivity index (χ1) is 9.29. The van der Waals surface area contributed by atoms with Crippen LogP contribution in [0.1, 0.15) is 10.4 Å². The molecule has 0 atom stereocenters. The van der Waals surface area contributed by atoms with E-state index in [1.165, 1.54) is 0 Å². The van der Waals surface area contributed by atoms with Crippen LogP contribution < -0.4 is 4.74 Å². The molecule has 2 rings (SSSR count).